The van der Waals surface area contributed by atoms with Crippen molar-refractivity contribution in [2.45, 2.75) is 26.2 Å². The van der Waals surface area contributed by atoms with Crippen LogP contribution in [-0.4, -0.2) is 39.7 Å². The fourth-order valence-corrected chi connectivity index (χ4v) is 3.65. The molecule has 10 nitrogen and oxygen atoms in total. The summed E-state index contributed by atoms with van der Waals surface area (Å²) in [5.41, 5.74) is -1.05. The highest BCUT2D eigenvalue weighted by atomic mass is 35.5. The number of likely N-dealkylation sites (tertiary alicyclic amines) is 1. The third-order valence-corrected chi connectivity index (χ3v) is 5.36. The molecule has 0 unspecified atom stereocenters. The second kappa shape index (κ2) is 9.09. The molecule has 0 radical (unpaired) electrons. The normalized spacial score (nSPS) is 13.5. The van der Waals surface area contributed by atoms with Crippen LogP contribution in [0.15, 0.2) is 30.3 Å². The van der Waals surface area contributed by atoms with Crippen LogP contribution < -0.4 is 5.32 Å². The molecule has 0 spiro atoms. The Morgan fingerprint density at radius 1 is 1.00 bits per heavy atom. The van der Waals surface area contributed by atoms with Crippen LogP contribution in [0, 0.1) is 27.2 Å². The number of non-ortho nitro benzene ring substituents is 1. The summed E-state index contributed by atoms with van der Waals surface area (Å²) in [5, 5.41) is 25.3. The van der Waals surface area contributed by atoms with Crippen LogP contribution in [0.5, 0.6) is 0 Å². The predicted molar refractivity (Wildman–Crippen MR) is 114 cm³/mol. The van der Waals surface area contributed by atoms with Gasteiger partial charge in [0.15, 0.2) is 0 Å². The molecule has 1 saturated heterocycles. The van der Waals surface area contributed by atoms with Crippen molar-refractivity contribution in [1.29, 1.82) is 0 Å². The van der Waals surface area contributed by atoms with Crippen molar-refractivity contribution in [3.05, 3.63) is 72.3 Å². The molecule has 0 atom stereocenters. The lowest BCUT2D eigenvalue weighted by Gasteiger charge is -2.27. The van der Waals surface area contributed by atoms with Crippen LogP contribution in [-0.2, 0) is 0 Å². The molecule has 0 saturated carbocycles. The fourth-order valence-electron chi connectivity index (χ4n) is 3.48. The highest BCUT2D eigenvalue weighted by molar-refractivity contribution is 6.31. The molecular formula is C20H19ClN4O6. The summed E-state index contributed by atoms with van der Waals surface area (Å²) in [7, 11) is 0. The van der Waals surface area contributed by atoms with Crippen molar-refractivity contribution in [3.63, 3.8) is 0 Å². The molecule has 1 heterocycles. The van der Waals surface area contributed by atoms with Gasteiger partial charge >= 0.3 is 0 Å². The number of rotatable bonds is 5. The van der Waals surface area contributed by atoms with Gasteiger partial charge in [-0.1, -0.05) is 11.6 Å². The highest BCUT2D eigenvalue weighted by Gasteiger charge is 2.26. The number of halogens is 1. The number of piperidine rings is 1. The Kier molecular flexibility index (Phi) is 6.50. The lowest BCUT2D eigenvalue weighted by Crippen LogP contribution is -2.36. The Morgan fingerprint density at radius 2 is 1.68 bits per heavy atom. The average molecular weight is 447 g/mol. The van der Waals surface area contributed by atoms with Crippen LogP contribution in [0.3, 0.4) is 0 Å². The summed E-state index contributed by atoms with van der Waals surface area (Å²) in [6.07, 6.45) is 2.81. The molecule has 0 aliphatic carbocycles. The van der Waals surface area contributed by atoms with Crippen molar-refractivity contribution in [3.8, 4) is 0 Å². The third kappa shape index (κ3) is 4.80. The van der Waals surface area contributed by atoms with Gasteiger partial charge in [-0.2, -0.15) is 0 Å². The largest absolute Gasteiger partial charge is 0.339 e. The van der Waals surface area contributed by atoms with E-state index in [1.807, 2.05) is 0 Å². The Balaban J connectivity index is 1.99. The van der Waals surface area contributed by atoms with Crippen molar-refractivity contribution < 1.29 is 19.4 Å². The molecular weight excluding hydrogens is 428 g/mol. The minimum atomic E-state index is -0.820. The molecule has 11 heteroatoms. The van der Waals surface area contributed by atoms with Gasteiger partial charge in [-0.05, 0) is 44.4 Å². The predicted octanol–water partition coefficient (Wildman–Crippen LogP) is 4.34. The van der Waals surface area contributed by atoms with Crippen molar-refractivity contribution in [2.24, 2.45) is 0 Å². The first-order valence-corrected chi connectivity index (χ1v) is 9.90. The monoisotopic (exact) mass is 446 g/mol. The summed E-state index contributed by atoms with van der Waals surface area (Å²) in [6, 6.07) is 6.19. The highest BCUT2D eigenvalue weighted by Crippen LogP contribution is 2.30. The SMILES string of the molecule is Cc1c(C(=O)Nc2cc(Cl)ccc2C(=O)N2CCCCC2)cc([N+](=O)[O-])cc1[N+](=O)[O-]. The number of carbonyl (C=O) groups is 2. The van der Waals surface area contributed by atoms with Gasteiger partial charge in [-0.15, -0.1) is 0 Å². The standard InChI is InChI=1S/C20H19ClN4O6/c1-12-16(10-14(24(28)29)11-18(12)25(30)31)19(26)22-17-9-13(21)5-6-15(17)20(27)23-7-3-2-4-8-23/h5-6,9-11H,2-4,7-8H2,1H3,(H,22,26). The summed E-state index contributed by atoms with van der Waals surface area (Å²) in [6.45, 7) is 2.53. The molecule has 2 amide bonds. The van der Waals surface area contributed by atoms with Crippen LogP contribution >= 0.6 is 11.6 Å². The van der Waals surface area contributed by atoms with Gasteiger partial charge in [0.2, 0.25) is 0 Å². The number of carbonyl (C=O) groups excluding carboxylic acids is 2. The van der Waals surface area contributed by atoms with E-state index in [0.29, 0.717) is 13.1 Å². The Labute approximate surface area is 182 Å². The van der Waals surface area contributed by atoms with Crippen LogP contribution in [0.4, 0.5) is 17.1 Å². The lowest BCUT2D eigenvalue weighted by atomic mass is 10.0. The first-order chi connectivity index (χ1) is 14.7. The number of nitro benzene ring substituents is 2. The van der Waals surface area contributed by atoms with Gasteiger partial charge in [0, 0.05) is 29.7 Å². The van der Waals surface area contributed by atoms with Crippen molar-refractivity contribution in [1.82, 2.24) is 4.90 Å². The Morgan fingerprint density at radius 3 is 2.29 bits per heavy atom. The zero-order valence-corrected chi connectivity index (χ0v) is 17.3. The Bertz CT molecular complexity index is 1080. The number of nitro groups is 2. The number of amides is 2. The first kappa shape index (κ1) is 22.2. The smallest absolute Gasteiger partial charge is 0.279 e. The summed E-state index contributed by atoms with van der Waals surface area (Å²) in [4.78, 5) is 48.4. The number of hydrogen-bond donors (Lipinski definition) is 1. The van der Waals surface area contributed by atoms with E-state index in [1.54, 1.807) is 4.90 Å². The van der Waals surface area contributed by atoms with Crippen molar-refractivity contribution >= 4 is 40.5 Å². The quantitative estimate of drug-likeness (QED) is 0.535. The summed E-state index contributed by atoms with van der Waals surface area (Å²) >= 11 is 6.05. The van der Waals surface area contributed by atoms with E-state index >= 15 is 0 Å². The number of anilines is 1. The van der Waals surface area contributed by atoms with E-state index in [0.717, 1.165) is 31.4 Å². The minimum Gasteiger partial charge on any atom is -0.339 e. The molecule has 162 valence electrons. The third-order valence-electron chi connectivity index (χ3n) is 5.12. The van der Waals surface area contributed by atoms with Gasteiger partial charge in [0.1, 0.15) is 0 Å². The zero-order valence-electron chi connectivity index (χ0n) is 16.6. The first-order valence-electron chi connectivity index (χ1n) is 9.52. The van der Waals surface area contributed by atoms with E-state index < -0.39 is 27.1 Å². The van der Waals surface area contributed by atoms with Crippen LogP contribution in [0.2, 0.25) is 5.02 Å². The topological polar surface area (TPSA) is 136 Å². The fraction of sp³-hybridized carbons (Fsp3) is 0.300. The molecule has 31 heavy (non-hydrogen) atoms. The van der Waals surface area contributed by atoms with E-state index in [9.17, 15) is 29.8 Å². The van der Waals surface area contributed by atoms with Gasteiger partial charge < -0.3 is 10.2 Å². The number of benzene rings is 2. The van der Waals surface area contributed by atoms with Gasteiger partial charge in [-0.25, -0.2) is 0 Å². The lowest BCUT2D eigenvalue weighted by molar-refractivity contribution is -0.394. The second-order valence-electron chi connectivity index (χ2n) is 7.15. The van der Waals surface area contributed by atoms with Crippen LogP contribution in [0.25, 0.3) is 0 Å². The molecule has 2 aromatic rings. The number of nitrogens with zero attached hydrogens (tertiary/aromatic N) is 3. The summed E-state index contributed by atoms with van der Waals surface area (Å²) in [5.74, 6) is -1.09. The van der Waals surface area contributed by atoms with Gasteiger partial charge in [-0.3, -0.25) is 29.8 Å². The molecule has 2 aromatic carbocycles. The van der Waals surface area contributed by atoms with E-state index in [4.69, 9.17) is 11.6 Å². The van der Waals surface area contributed by atoms with Gasteiger partial charge in [0.25, 0.3) is 23.2 Å². The molecule has 1 fully saturated rings. The molecule has 0 bridgehead atoms. The Hall–Kier alpha value is -3.53. The summed E-state index contributed by atoms with van der Waals surface area (Å²) < 4.78 is 0. The molecule has 0 aromatic heterocycles. The minimum absolute atomic E-state index is 0.0287. The molecule has 3 rings (SSSR count). The number of nitrogens with one attached hydrogen (secondary N) is 1. The maximum atomic E-state index is 13.0. The van der Waals surface area contributed by atoms with Crippen molar-refractivity contribution in [2.75, 3.05) is 18.4 Å². The van der Waals surface area contributed by atoms with Crippen LogP contribution in [0.1, 0.15) is 45.5 Å². The molecule has 1 aliphatic rings. The zero-order chi connectivity index (χ0) is 22.7. The molecule has 1 aliphatic heterocycles. The average Bonchev–Trinajstić information content (AvgIpc) is 2.73. The van der Waals surface area contributed by atoms with Gasteiger partial charge in [0.05, 0.1) is 32.7 Å². The molecule has 1 N–H and O–H groups in total. The second-order valence-corrected chi connectivity index (χ2v) is 7.59. The van der Waals surface area contributed by atoms with E-state index in [2.05, 4.69) is 5.32 Å². The maximum absolute atomic E-state index is 13.0. The maximum Gasteiger partial charge on any atom is 0.279 e. The number of hydrogen-bond acceptors (Lipinski definition) is 6. The van der Waals surface area contributed by atoms with E-state index in [-0.39, 0.29) is 33.3 Å². The van der Waals surface area contributed by atoms with E-state index in [1.165, 1.54) is 25.1 Å².